The molecular formula is C32H29NO7. The Hall–Kier alpha value is -5.11. The maximum atomic E-state index is 13.2. The topological polar surface area (TPSA) is 100 Å². The van der Waals surface area contributed by atoms with Crippen LogP contribution in [0.2, 0.25) is 0 Å². The van der Waals surface area contributed by atoms with Crippen LogP contribution in [0.3, 0.4) is 0 Å². The second-order valence-corrected chi connectivity index (χ2v) is 8.67. The highest BCUT2D eigenvalue weighted by Crippen LogP contribution is 2.26. The summed E-state index contributed by atoms with van der Waals surface area (Å²) < 4.78 is 21.3. The lowest BCUT2D eigenvalue weighted by molar-refractivity contribution is 0.0598. The Morgan fingerprint density at radius 3 is 1.90 bits per heavy atom. The first-order valence-corrected chi connectivity index (χ1v) is 12.6. The number of esters is 2. The molecular weight excluding hydrogens is 510 g/mol. The molecule has 1 N–H and O–H groups in total. The average Bonchev–Trinajstić information content (AvgIpc) is 3.00. The molecule has 4 rings (SSSR count). The summed E-state index contributed by atoms with van der Waals surface area (Å²) in [5.74, 6) is -0.487. The molecule has 0 saturated heterocycles. The normalized spacial score (nSPS) is 10.4. The van der Waals surface area contributed by atoms with Crippen molar-refractivity contribution in [3.63, 3.8) is 0 Å². The molecule has 0 bridgehead atoms. The van der Waals surface area contributed by atoms with Gasteiger partial charge in [0.2, 0.25) is 0 Å². The van der Waals surface area contributed by atoms with Crippen LogP contribution in [-0.2, 0) is 16.1 Å². The van der Waals surface area contributed by atoms with Crippen LogP contribution in [-0.4, -0.2) is 38.7 Å². The molecule has 0 aliphatic carbocycles. The van der Waals surface area contributed by atoms with E-state index in [4.69, 9.17) is 18.9 Å². The smallest absolute Gasteiger partial charge is 0.337 e. The van der Waals surface area contributed by atoms with Gasteiger partial charge in [0.1, 0.15) is 18.1 Å². The molecule has 4 aromatic rings. The molecule has 40 heavy (non-hydrogen) atoms. The average molecular weight is 540 g/mol. The molecule has 0 saturated carbocycles. The van der Waals surface area contributed by atoms with E-state index < -0.39 is 17.8 Å². The monoisotopic (exact) mass is 539 g/mol. The van der Waals surface area contributed by atoms with Crippen molar-refractivity contribution in [3.8, 4) is 22.6 Å². The van der Waals surface area contributed by atoms with Crippen molar-refractivity contribution in [1.82, 2.24) is 0 Å². The van der Waals surface area contributed by atoms with E-state index in [-0.39, 0.29) is 23.4 Å². The molecule has 4 aromatic carbocycles. The van der Waals surface area contributed by atoms with E-state index in [0.717, 1.165) is 11.1 Å². The fraction of sp³-hybridized carbons (Fsp3) is 0.156. The van der Waals surface area contributed by atoms with Gasteiger partial charge < -0.3 is 24.3 Å². The van der Waals surface area contributed by atoms with E-state index in [1.54, 1.807) is 18.2 Å². The van der Waals surface area contributed by atoms with Crippen LogP contribution in [0.1, 0.15) is 43.6 Å². The molecule has 0 radical (unpaired) electrons. The minimum Gasteiger partial charge on any atom is -0.493 e. The summed E-state index contributed by atoms with van der Waals surface area (Å²) >= 11 is 0. The first kappa shape index (κ1) is 27.9. The van der Waals surface area contributed by atoms with E-state index in [1.807, 2.05) is 61.5 Å². The van der Waals surface area contributed by atoms with Gasteiger partial charge in [-0.25, -0.2) is 9.59 Å². The summed E-state index contributed by atoms with van der Waals surface area (Å²) in [6.45, 7) is 2.49. The number of carbonyl (C=O) groups is 3. The largest absolute Gasteiger partial charge is 0.493 e. The van der Waals surface area contributed by atoms with Crippen molar-refractivity contribution in [1.29, 1.82) is 0 Å². The number of amides is 1. The second-order valence-electron chi connectivity index (χ2n) is 8.67. The Kier molecular flexibility index (Phi) is 9.15. The number of ether oxygens (including phenoxy) is 4. The summed E-state index contributed by atoms with van der Waals surface area (Å²) in [6, 6.07) is 27.0. The highest BCUT2D eigenvalue weighted by atomic mass is 16.5. The highest BCUT2D eigenvalue weighted by molar-refractivity contribution is 6.06. The van der Waals surface area contributed by atoms with Crippen LogP contribution in [0.5, 0.6) is 11.5 Å². The Morgan fingerprint density at radius 2 is 1.30 bits per heavy atom. The zero-order chi connectivity index (χ0) is 28.5. The summed E-state index contributed by atoms with van der Waals surface area (Å²) in [5, 5.41) is 2.74. The fourth-order valence-corrected chi connectivity index (χ4v) is 4.04. The lowest BCUT2D eigenvalue weighted by Gasteiger charge is -2.14. The number of carbonyl (C=O) groups excluding carboxylic acids is 3. The predicted molar refractivity (Wildman–Crippen MR) is 151 cm³/mol. The third-order valence-corrected chi connectivity index (χ3v) is 6.01. The van der Waals surface area contributed by atoms with Crippen molar-refractivity contribution < 1.29 is 33.3 Å². The minimum atomic E-state index is -0.654. The lowest BCUT2D eigenvalue weighted by atomic mass is 10.1. The first-order chi connectivity index (χ1) is 19.4. The number of nitrogens with one attached hydrogen (secondary N) is 1. The summed E-state index contributed by atoms with van der Waals surface area (Å²) in [4.78, 5) is 37.3. The molecule has 0 fully saturated rings. The van der Waals surface area contributed by atoms with Crippen molar-refractivity contribution in [3.05, 3.63) is 113 Å². The maximum absolute atomic E-state index is 13.2. The lowest BCUT2D eigenvalue weighted by Crippen LogP contribution is -2.15. The van der Waals surface area contributed by atoms with Crippen LogP contribution in [0.4, 0.5) is 5.69 Å². The van der Waals surface area contributed by atoms with Crippen molar-refractivity contribution in [2.45, 2.75) is 13.5 Å². The number of rotatable bonds is 10. The standard InChI is InChI=1S/C32H29NO7/c1-4-39-29-15-12-23(30(34)33-27-18-24(31(35)37-2)17-25(19-27)32(36)38-3)16-26(29)20-40-28-13-10-22(11-14-28)21-8-6-5-7-9-21/h5-19H,4,20H2,1-3H3,(H,33,34). The van der Waals surface area contributed by atoms with E-state index in [2.05, 4.69) is 5.32 Å². The first-order valence-electron chi connectivity index (χ1n) is 12.6. The molecule has 8 nitrogen and oxygen atoms in total. The van der Waals surface area contributed by atoms with E-state index in [0.29, 0.717) is 29.2 Å². The fourth-order valence-electron chi connectivity index (χ4n) is 4.04. The van der Waals surface area contributed by atoms with Crippen LogP contribution in [0.25, 0.3) is 11.1 Å². The quantitative estimate of drug-likeness (QED) is 0.241. The van der Waals surface area contributed by atoms with Crippen LogP contribution >= 0.6 is 0 Å². The summed E-state index contributed by atoms with van der Waals surface area (Å²) in [5.41, 5.74) is 3.64. The predicted octanol–water partition coefficient (Wildman–Crippen LogP) is 6.16. The molecule has 204 valence electrons. The number of methoxy groups -OCH3 is 2. The minimum absolute atomic E-state index is 0.0970. The third-order valence-electron chi connectivity index (χ3n) is 6.01. The SMILES string of the molecule is CCOc1ccc(C(=O)Nc2cc(C(=O)OC)cc(C(=O)OC)c2)cc1COc1ccc(-c2ccccc2)cc1. The molecule has 8 heteroatoms. The van der Waals surface area contributed by atoms with Crippen molar-refractivity contribution in [2.75, 3.05) is 26.1 Å². The van der Waals surface area contributed by atoms with Gasteiger partial charge in [0.15, 0.2) is 0 Å². The van der Waals surface area contributed by atoms with Crippen LogP contribution < -0.4 is 14.8 Å². The van der Waals surface area contributed by atoms with Gasteiger partial charge in [0, 0.05) is 16.8 Å². The second kappa shape index (κ2) is 13.1. The zero-order valence-electron chi connectivity index (χ0n) is 22.4. The van der Waals surface area contributed by atoms with Crippen LogP contribution in [0, 0.1) is 0 Å². The molecule has 0 atom stereocenters. The summed E-state index contributed by atoms with van der Waals surface area (Å²) in [6.07, 6.45) is 0. The van der Waals surface area contributed by atoms with Gasteiger partial charge in [0.05, 0.1) is 32.0 Å². The van der Waals surface area contributed by atoms with Gasteiger partial charge in [-0.05, 0) is 66.6 Å². The third kappa shape index (κ3) is 6.85. The van der Waals surface area contributed by atoms with Gasteiger partial charge >= 0.3 is 11.9 Å². The number of anilines is 1. The van der Waals surface area contributed by atoms with Gasteiger partial charge in [-0.2, -0.15) is 0 Å². The Morgan fingerprint density at radius 1 is 0.675 bits per heavy atom. The number of hydrogen-bond donors (Lipinski definition) is 1. The molecule has 0 heterocycles. The summed E-state index contributed by atoms with van der Waals surface area (Å²) in [7, 11) is 2.46. The van der Waals surface area contributed by atoms with Gasteiger partial charge in [0.25, 0.3) is 5.91 Å². The van der Waals surface area contributed by atoms with Gasteiger partial charge in [-0.15, -0.1) is 0 Å². The van der Waals surface area contributed by atoms with E-state index in [9.17, 15) is 14.4 Å². The van der Waals surface area contributed by atoms with E-state index >= 15 is 0 Å². The zero-order valence-corrected chi connectivity index (χ0v) is 22.4. The maximum Gasteiger partial charge on any atom is 0.337 e. The van der Waals surface area contributed by atoms with E-state index in [1.165, 1.54) is 32.4 Å². The molecule has 1 amide bonds. The van der Waals surface area contributed by atoms with Gasteiger partial charge in [-0.1, -0.05) is 42.5 Å². The van der Waals surface area contributed by atoms with Crippen molar-refractivity contribution in [2.24, 2.45) is 0 Å². The van der Waals surface area contributed by atoms with Gasteiger partial charge in [-0.3, -0.25) is 4.79 Å². The molecule has 0 spiro atoms. The molecule has 0 unspecified atom stereocenters. The Labute approximate surface area is 232 Å². The Balaban J connectivity index is 1.53. The molecule has 0 aromatic heterocycles. The van der Waals surface area contributed by atoms with Crippen molar-refractivity contribution >= 4 is 23.5 Å². The molecule has 0 aliphatic rings. The highest BCUT2D eigenvalue weighted by Gasteiger charge is 2.17. The number of hydrogen-bond acceptors (Lipinski definition) is 7. The number of benzene rings is 4. The Bertz CT molecular complexity index is 1460. The molecule has 0 aliphatic heterocycles. The van der Waals surface area contributed by atoms with Crippen LogP contribution in [0.15, 0.2) is 91.0 Å².